The Morgan fingerprint density at radius 1 is 1.07 bits per heavy atom. The summed E-state index contributed by atoms with van der Waals surface area (Å²) in [5, 5.41) is 3.46. The van der Waals surface area contributed by atoms with Gasteiger partial charge in [-0.05, 0) is 55.7 Å². The van der Waals surface area contributed by atoms with Crippen LogP contribution in [0.25, 0.3) is 0 Å². The lowest BCUT2D eigenvalue weighted by atomic mass is 9.93. The molecule has 1 saturated carbocycles. The topological polar surface area (TPSA) is 54.5 Å². The van der Waals surface area contributed by atoms with E-state index in [0.717, 1.165) is 42.8 Å². The van der Waals surface area contributed by atoms with Gasteiger partial charge in [-0.15, -0.1) is 0 Å². The lowest BCUT2D eigenvalue weighted by Crippen LogP contribution is -2.38. The van der Waals surface area contributed by atoms with E-state index in [1.165, 1.54) is 19.3 Å². The van der Waals surface area contributed by atoms with Crippen LogP contribution in [0, 0.1) is 0 Å². The van der Waals surface area contributed by atoms with Gasteiger partial charge >= 0.3 is 6.09 Å². The SMILES string of the molecule is O=C(OCc1ccccc1)N1CCCC[C@H]1c1ccc(NC2CCC2)nc1. The van der Waals surface area contributed by atoms with E-state index in [1.807, 2.05) is 47.5 Å². The number of pyridine rings is 1. The molecule has 1 aromatic carbocycles. The number of ether oxygens (including phenoxy) is 1. The Balaban J connectivity index is 1.39. The number of likely N-dealkylation sites (tertiary alicyclic amines) is 1. The van der Waals surface area contributed by atoms with E-state index in [9.17, 15) is 4.79 Å². The number of amides is 1. The average molecular weight is 365 g/mol. The number of rotatable bonds is 5. The highest BCUT2D eigenvalue weighted by Crippen LogP contribution is 2.32. The van der Waals surface area contributed by atoms with Gasteiger partial charge in [-0.25, -0.2) is 9.78 Å². The molecular formula is C22H27N3O2. The van der Waals surface area contributed by atoms with Crippen molar-refractivity contribution in [1.82, 2.24) is 9.88 Å². The van der Waals surface area contributed by atoms with Crippen LogP contribution in [0.3, 0.4) is 0 Å². The second kappa shape index (κ2) is 8.42. The molecule has 2 fully saturated rings. The minimum absolute atomic E-state index is 0.0484. The number of piperidine rings is 1. The first-order chi connectivity index (χ1) is 13.3. The van der Waals surface area contributed by atoms with Crippen LogP contribution in [-0.2, 0) is 11.3 Å². The molecule has 4 rings (SSSR count). The number of carbonyl (C=O) groups excluding carboxylic acids is 1. The summed E-state index contributed by atoms with van der Waals surface area (Å²) in [6.07, 6.45) is 8.53. The molecule has 1 aliphatic carbocycles. The van der Waals surface area contributed by atoms with Crippen LogP contribution in [0.15, 0.2) is 48.7 Å². The van der Waals surface area contributed by atoms with E-state index >= 15 is 0 Å². The van der Waals surface area contributed by atoms with Crippen LogP contribution in [0.5, 0.6) is 0 Å². The summed E-state index contributed by atoms with van der Waals surface area (Å²) < 4.78 is 5.57. The van der Waals surface area contributed by atoms with E-state index < -0.39 is 0 Å². The monoisotopic (exact) mass is 365 g/mol. The summed E-state index contributed by atoms with van der Waals surface area (Å²) >= 11 is 0. The molecule has 1 aromatic heterocycles. The van der Waals surface area contributed by atoms with Gasteiger partial charge in [0.25, 0.3) is 0 Å². The minimum Gasteiger partial charge on any atom is -0.445 e. The predicted octanol–water partition coefficient (Wildman–Crippen LogP) is 4.91. The summed E-state index contributed by atoms with van der Waals surface area (Å²) in [6.45, 7) is 1.05. The average Bonchev–Trinajstić information content (AvgIpc) is 2.70. The molecule has 1 atom stereocenters. The van der Waals surface area contributed by atoms with E-state index in [4.69, 9.17) is 4.74 Å². The van der Waals surface area contributed by atoms with Crippen molar-refractivity contribution in [1.29, 1.82) is 0 Å². The van der Waals surface area contributed by atoms with Crippen molar-refractivity contribution in [2.75, 3.05) is 11.9 Å². The highest BCUT2D eigenvalue weighted by molar-refractivity contribution is 5.68. The smallest absolute Gasteiger partial charge is 0.410 e. The molecule has 1 N–H and O–H groups in total. The van der Waals surface area contributed by atoms with Crippen LogP contribution in [0.4, 0.5) is 10.6 Å². The van der Waals surface area contributed by atoms with Crippen molar-refractivity contribution >= 4 is 11.9 Å². The van der Waals surface area contributed by atoms with Crippen molar-refractivity contribution in [3.8, 4) is 0 Å². The number of hydrogen-bond donors (Lipinski definition) is 1. The Morgan fingerprint density at radius 2 is 1.93 bits per heavy atom. The summed E-state index contributed by atoms with van der Waals surface area (Å²) in [4.78, 5) is 19.1. The van der Waals surface area contributed by atoms with Gasteiger partial charge in [0.1, 0.15) is 12.4 Å². The molecule has 1 amide bonds. The summed E-state index contributed by atoms with van der Waals surface area (Å²) in [5.41, 5.74) is 2.10. The first-order valence-electron chi connectivity index (χ1n) is 9.99. The lowest BCUT2D eigenvalue weighted by molar-refractivity contribution is 0.0678. The zero-order valence-electron chi connectivity index (χ0n) is 15.6. The van der Waals surface area contributed by atoms with Crippen LogP contribution in [-0.4, -0.2) is 28.6 Å². The third kappa shape index (κ3) is 4.41. The zero-order chi connectivity index (χ0) is 18.5. The van der Waals surface area contributed by atoms with E-state index in [1.54, 1.807) is 0 Å². The van der Waals surface area contributed by atoms with E-state index in [0.29, 0.717) is 12.6 Å². The fraction of sp³-hybridized carbons (Fsp3) is 0.455. The molecule has 0 radical (unpaired) electrons. The van der Waals surface area contributed by atoms with Crippen molar-refractivity contribution in [2.24, 2.45) is 0 Å². The van der Waals surface area contributed by atoms with Crippen LogP contribution in [0.2, 0.25) is 0 Å². The Labute approximate surface area is 160 Å². The van der Waals surface area contributed by atoms with Gasteiger partial charge in [-0.2, -0.15) is 0 Å². The van der Waals surface area contributed by atoms with Crippen molar-refractivity contribution in [3.63, 3.8) is 0 Å². The predicted molar refractivity (Wildman–Crippen MR) is 105 cm³/mol. The Kier molecular flexibility index (Phi) is 5.56. The molecular weight excluding hydrogens is 338 g/mol. The Hall–Kier alpha value is -2.56. The summed E-state index contributed by atoms with van der Waals surface area (Å²) in [5.74, 6) is 0.928. The number of nitrogens with one attached hydrogen (secondary N) is 1. The Bertz CT molecular complexity index is 744. The van der Waals surface area contributed by atoms with Crippen LogP contribution >= 0.6 is 0 Å². The number of anilines is 1. The Morgan fingerprint density at radius 3 is 2.63 bits per heavy atom. The number of carbonyl (C=O) groups is 1. The van der Waals surface area contributed by atoms with Gasteiger partial charge in [-0.1, -0.05) is 36.4 Å². The van der Waals surface area contributed by atoms with Crippen LogP contribution in [0.1, 0.15) is 55.7 Å². The van der Waals surface area contributed by atoms with Crippen molar-refractivity contribution in [2.45, 2.75) is 57.2 Å². The molecule has 0 bridgehead atoms. The number of aromatic nitrogens is 1. The fourth-order valence-corrected chi connectivity index (χ4v) is 3.75. The standard InChI is InChI=1S/C22H27N3O2/c26-22(27-16-17-7-2-1-3-8-17)25-14-5-4-11-20(25)18-12-13-21(23-15-18)24-19-9-6-10-19/h1-3,7-8,12-13,15,19-20H,4-6,9-11,14,16H2,(H,23,24)/t20-/m0/s1. The van der Waals surface area contributed by atoms with E-state index in [-0.39, 0.29) is 12.1 Å². The lowest BCUT2D eigenvalue weighted by Gasteiger charge is -2.35. The molecule has 0 unspecified atom stereocenters. The number of nitrogens with zero attached hydrogens (tertiary/aromatic N) is 2. The molecule has 0 spiro atoms. The number of benzene rings is 1. The quantitative estimate of drug-likeness (QED) is 0.818. The van der Waals surface area contributed by atoms with Crippen molar-refractivity contribution in [3.05, 3.63) is 59.8 Å². The van der Waals surface area contributed by atoms with Crippen molar-refractivity contribution < 1.29 is 9.53 Å². The molecule has 2 aromatic rings. The normalized spacial score (nSPS) is 20.0. The van der Waals surface area contributed by atoms with Crippen LogP contribution < -0.4 is 5.32 Å². The second-order valence-corrected chi connectivity index (χ2v) is 7.49. The third-order valence-corrected chi connectivity index (χ3v) is 5.57. The first-order valence-corrected chi connectivity index (χ1v) is 9.99. The van der Waals surface area contributed by atoms with Gasteiger partial charge < -0.3 is 15.0 Å². The fourth-order valence-electron chi connectivity index (χ4n) is 3.75. The minimum atomic E-state index is -0.236. The molecule has 5 heteroatoms. The third-order valence-electron chi connectivity index (χ3n) is 5.57. The highest BCUT2D eigenvalue weighted by Gasteiger charge is 2.29. The molecule has 142 valence electrons. The molecule has 2 heterocycles. The molecule has 5 nitrogen and oxygen atoms in total. The highest BCUT2D eigenvalue weighted by atomic mass is 16.6. The molecule has 27 heavy (non-hydrogen) atoms. The maximum absolute atomic E-state index is 12.7. The summed E-state index contributed by atoms with van der Waals surface area (Å²) in [6, 6.07) is 14.6. The van der Waals surface area contributed by atoms with E-state index in [2.05, 4.69) is 16.4 Å². The largest absolute Gasteiger partial charge is 0.445 e. The summed E-state index contributed by atoms with van der Waals surface area (Å²) in [7, 11) is 0. The molecule has 1 aliphatic heterocycles. The van der Waals surface area contributed by atoms with Gasteiger partial charge in [0, 0.05) is 18.8 Å². The molecule has 1 saturated heterocycles. The maximum Gasteiger partial charge on any atom is 0.410 e. The zero-order valence-corrected chi connectivity index (χ0v) is 15.6. The number of hydrogen-bond acceptors (Lipinski definition) is 4. The van der Waals surface area contributed by atoms with Gasteiger partial charge in [0.2, 0.25) is 0 Å². The van der Waals surface area contributed by atoms with Gasteiger partial charge in [0.05, 0.1) is 6.04 Å². The maximum atomic E-state index is 12.7. The van der Waals surface area contributed by atoms with Gasteiger partial charge in [-0.3, -0.25) is 0 Å². The molecule has 2 aliphatic rings. The second-order valence-electron chi connectivity index (χ2n) is 7.49. The van der Waals surface area contributed by atoms with Gasteiger partial charge in [0.15, 0.2) is 0 Å². The first kappa shape index (κ1) is 17.8.